The summed E-state index contributed by atoms with van der Waals surface area (Å²) < 4.78 is 34.2. The van der Waals surface area contributed by atoms with Crippen LogP contribution in [0, 0.1) is 0 Å². The zero-order chi connectivity index (χ0) is 53.5. The molecule has 0 radical (unpaired) electrons. The highest BCUT2D eigenvalue weighted by Crippen LogP contribution is 2.38. The van der Waals surface area contributed by atoms with Crippen molar-refractivity contribution in [2.75, 3.05) is 47.5 Å². The maximum Gasteiger partial charge on any atom is 0.306 e. The number of unbranched alkanes of at least 4 members (excludes halogenated alkanes) is 26. The van der Waals surface area contributed by atoms with Crippen molar-refractivity contribution in [3.63, 3.8) is 0 Å². The van der Waals surface area contributed by atoms with Gasteiger partial charge in [-0.15, -0.1) is 0 Å². The van der Waals surface area contributed by atoms with Gasteiger partial charge in [0, 0.05) is 12.8 Å². The van der Waals surface area contributed by atoms with Gasteiger partial charge >= 0.3 is 11.9 Å². The third kappa shape index (κ3) is 58.3. The van der Waals surface area contributed by atoms with Gasteiger partial charge in [0.2, 0.25) is 0 Å². The number of allylic oxidation sites excluding steroid dienone is 14. The second-order valence-corrected chi connectivity index (χ2v) is 22.4. The van der Waals surface area contributed by atoms with Crippen LogP contribution in [-0.2, 0) is 32.7 Å². The average Bonchev–Trinajstić information content (AvgIpc) is 3.35. The number of carbonyl (C=O) groups is 2. The first-order valence-corrected chi connectivity index (χ1v) is 31.3. The molecule has 10 heteroatoms. The molecule has 9 nitrogen and oxygen atoms in total. The lowest BCUT2D eigenvalue weighted by Crippen LogP contribution is -2.37. The Morgan fingerprint density at radius 3 is 1.16 bits per heavy atom. The minimum atomic E-state index is -4.64. The average molecular weight is 1040 g/mol. The molecule has 0 heterocycles. The van der Waals surface area contributed by atoms with Crippen LogP contribution in [0.1, 0.15) is 251 Å². The van der Waals surface area contributed by atoms with Crippen molar-refractivity contribution in [3.05, 3.63) is 85.1 Å². The molecular weight excluding hydrogens is 930 g/mol. The van der Waals surface area contributed by atoms with E-state index in [-0.39, 0.29) is 32.0 Å². The van der Waals surface area contributed by atoms with E-state index < -0.39 is 26.5 Å². The molecule has 2 atom stereocenters. The van der Waals surface area contributed by atoms with Gasteiger partial charge in [-0.2, -0.15) is 0 Å². The quantitative estimate of drug-likeness (QED) is 0.0195. The molecule has 0 aliphatic rings. The normalized spacial score (nSPS) is 13.9. The third-order valence-corrected chi connectivity index (χ3v) is 13.6. The van der Waals surface area contributed by atoms with Gasteiger partial charge in [-0.3, -0.25) is 14.2 Å². The van der Waals surface area contributed by atoms with Gasteiger partial charge in [-0.1, -0.05) is 253 Å². The number of esters is 2. The molecule has 0 saturated heterocycles. The summed E-state index contributed by atoms with van der Waals surface area (Å²) in [6.45, 7) is 4.13. The van der Waals surface area contributed by atoms with Crippen LogP contribution in [0.5, 0.6) is 0 Å². The number of phosphoric ester groups is 1. The molecule has 0 N–H and O–H groups in total. The van der Waals surface area contributed by atoms with Crippen molar-refractivity contribution in [2.24, 2.45) is 0 Å². The van der Waals surface area contributed by atoms with Crippen LogP contribution in [0.15, 0.2) is 85.1 Å². The lowest BCUT2D eigenvalue weighted by molar-refractivity contribution is -0.870. The summed E-state index contributed by atoms with van der Waals surface area (Å²) in [6.07, 6.45) is 72.0. The summed E-state index contributed by atoms with van der Waals surface area (Å²) in [5.74, 6) is -0.842. The molecule has 422 valence electrons. The SMILES string of the molecule is CC/C=C\C/C=C\C/C=C\C/C=C\C/C=C\C/C=C\C/C=C\CCCCCCCCCC(=O)OC(COC(=O)CCCCCCCCCCCCCCCCCCCCCC)COP(=O)([O-])OCC[N+](C)(C)C. The summed E-state index contributed by atoms with van der Waals surface area (Å²) in [5, 5.41) is 0. The largest absolute Gasteiger partial charge is 0.756 e. The smallest absolute Gasteiger partial charge is 0.306 e. The highest BCUT2D eigenvalue weighted by atomic mass is 31.2. The van der Waals surface area contributed by atoms with E-state index in [1.165, 1.54) is 128 Å². The molecule has 2 unspecified atom stereocenters. The second-order valence-electron chi connectivity index (χ2n) is 21.0. The fraction of sp³-hybridized carbons (Fsp3) is 0.746. The number of rotatable bonds is 54. The Morgan fingerprint density at radius 1 is 0.438 bits per heavy atom. The second kappa shape index (κ2) is 54.0. The molecule has 0 aliphatic heterocycles. The van der Waals surface area contributed by atoms with Crippen LogP contribution in [-0.4, -0.2) is 70.0 Å². The number of hydrogen-bond donors (Lipinski definition) is 0. The van der Waals surface area contributed by atoms with Gasteiger partial charge in [0.25, 0.3) is 7.82 Å². The molecule has 0 spiro atoms. The molecule has 0 aromatic rings. The van der Waals surface area contributed by atoms with Crippen molar-refractivity contribution >= 4 is 19.8 Å². The molecule has 0 bridgehead atoms. The summed E-state index contributed by atoms with van der Waals surface area (Å²) in [4.78, 5) is 37.9. The zero-order valence-corrected chi connectivity index (χ0v) is 48.7. The van der Waals surface area contributed by atoms with Gasteiger partial charge in [0.05, 0.1) is 27.7 Å². The standard InChI is InChI=1S/C63H112NO8P/c1-6-8-10-12-14-16-18-20-22-24-26-28-29-30-31-32-33-34-35-36-38-40-42-44-46-48-50-52-54-56-63(66)72-61(60-71-73(67,68)70-58-57-64(3,4)5)59-69-62(65)55-53-51-49-47-45-43-41-39-37-27-25-23-21-19-17-15-13-11-9-7-2/h8,10,14,16,20,22,26,28,30-31,33-34,36,38,61H,6-7,9,11-13,15,17-19,21,23-25,27,29,32,35,37,39-60H2,1-5H3/b10-8-,16-14-,22-20-,28-26-,31-30-,34-33-,38-36-. The Kier molecular flexibility index (Phi) is 51.9. The lowest BCUT2D eigenvalue weighted by atomic mass is 10.0. The molecule has 73 heavy (non-hydrogen) atoms. The first kappa shape index (κ1) is 70.2. The minimum absolute atomic E-state index is 0.0357. The molecule has 0 aromatic heterocycles. The Hall–Kier alpha value is -2.81. The predicted molar refractivity (Wildman–Crippen MR) is 309 cm³/mol. The van der Waals surface area contributed by atoms with E-state index in [0.29, 0.717) is 17.4 Å². The summed E-state index contributed by atoms with van der Waals surface area (Å²) in [6, 6.07) is 0. The lowest BCUT2D eigenvalue weighted by Gasteiger charge is -2.28. The van der Waals surface area contributed by atoms with Gasteiger partial charge in [0.1, 0.15) is 19.8 Å². The first-order chi connectivity index (χ1) is 35.5. The number of hydrogen-bond acceptors (Lipinski definition) is 8. The van der Waals surface area contributed by atoms with Crippen LogP contribution in [0.25, 0.3) is 0 Å². The van der Waals surface area contributed by atoms with Gasteiger partial charge in [-0.05, 0) is 70.6 Å². The van der Waals surface area contributed by atoms with E-state index >= 15 is 0 Å². The zero-order valence-electron chi connectivity index (χ0n) is 47.8. The molecule has 0 aliphatic carbocycles. The number of ether oxygens (including phenoxy) is 2. The fourth-order valence-corrected chi connectivity index (χ4v) is 8.84. The van der Waals surface area contributed by atoms with E-state index in [4.69, 9.17) is 18.5 Å². The van der Waals surface area contributed by atoms with Crippen molar-refractivity contribution in [1.29, 1.82) is 0 Å². The maximum atomic E-state index is 12.8. The molecule has 0 saturated carbocycles. The van der Waals surface area contributed by atoms with E-state index in [1.807, 2.05) is 21.1 Å². The maximum absolute atomic E-state index is 12.8. The molecule has 0 aromatic carbocycles. The monoisotopic (exact) mass is 1040 g/mol. The van der Waals surface area contributed by atoms with E-state index in [1.54, 1.807) is 0 Å². The van der Waals surface area contributed by atoms with E-state index in [2.05, 4.69) is 98.9 Å². The number of carbonyl (C=O) groups excluding carboxylic acids is 2. The Balaban J connectivity index is 4.20. The third-order valence-electron chi connectivity index (χ3n) is 12.7. The predicted octanol–water partition coefficient (Wildman–Crippen LogP) is 18.0. The van der Waals surface area contributed by atoms with E-state index in [0.717, 1.165) is 89.9 Å². The van der Waals surface area contributed by atoms with E-state index in [9.17, 15) is 19.0 Å². The van der Waals surface area contributed by atoms with Crippen LogP contribution in [0.2, 0.25) is 0 Å². The van der Waals surface area contributed by atoms with Gasteiger partial charge in [0.15, 0.2) is 6.10 Å². The Morgan fingerprint density at radius 2 is 0.781 bits per heavy atom. The van der Waals surface area contributed by atoms with Crippen LogP contribution >= 0.6 is 7.82 Å². The molecule has 0 fully saturated rings. The number of likely N-dealkylation sites (N-methyl/N-ethyl adjacent to an activating group) is 1. The highest BCUT2D eigenvalue weighted by molar-refractivity contribution is 7.45. The minimum Gasteiger partial charge on any atom is -0.756 e. The fourth-order valence-electron chi connectivity index (χ4n) is 8.11. The first-order valence-electron chi connectivity index (χ1n) is 29.8. The van der Waals surface area contributed by atoms with Crippen molar-refractivity contribution in [1.82, 2.24) is 0 Å². The number of nitrogens with zero attached hydrogens (tertiary/aromatic N) is 1. The Labute approximate surface area is 450 Å². The number of phosphoric acid groups is 1. The van der Waals surface area contributed by atoms with Crippen molar-refractivity contribution < 1.29 is 42.1 Å². The number of quaternary nitrogens is 1. The Bertz CT molecular complexity index is 1510. The van der Waals surface area contributed by atoms with Crippen LogP contribution in [0.4, 0.5) is 0 Å². The van der Waals surface area contributed by atoms with Crippen LogP contribution < -0.4 is 4.89 Å². The van der Waals surface area contributed by atoms with Gasteiger partial charge in [-0.25, -0.2) is 0 Å². The van der Waals surface area contributed by atoms with Crippen LogP contribution in [0.3, 0.4) is 0 Å². The topological polar surface area (TPSA) is 111 Å². The highest BCUT2D eigenvalue weighted by Gasteiger charge is 2.22. The molecular formula is C63H112NO8P. The molecule has 0 amide bonds. The van der Waals surface area contributed by atoms with Gasteiger partial charge < -0.3 is 27.9 Å². The van der Waals surface area contributed by atoms with Crippen molar-refractivity contribution in [2.45, 2.75) is 258 Å². The summed E-state index contributed by atoms with van der Waals surface area (Å²) >= 11 is 0. The molecule has 0 rings (SSSR count). The summed E-state index contributed by atoms with van der Waals surface area (Å²) in [5.41, 5.74) is 0. The summed E-state index contributed by atoms with van der Waals surface area (Å²) in [7, 11) is 1.15. The van der Waals surface area contributed by atoms with Crippen molar-refractivity contribution in [3.8, 4) is 0 Å².